The third-order valence-corrected chi connectivity index (χ3v) is 6.69. The van der Waals surface area contributed by atoms with E-state index < -0.39 is 10.0 Å². The van der Waals surface area contributed by atoms with Gasteiger partial charge in [-0.15, -0.1) is 0 Å². The molecule has 1 aromatic rings. The van der Waals surface area contributed by atoms with E-state index in [1.807, 2.05) is 0 Å². The van der Waals surface area contributed by atoms with E-state index in [9.17, 15) is 8.42 Å². The molecule has 0 radical (unpaired) electrons. The highest BCUT2D eigenvalue weighted by Gasteiger charge is 2.34. The van der Waals surface area contributed by atoms with E-state index in [1.165, 1.54) is 14.2 Å². The van der Waals surface area contributed by atoms with Crippen LogP contribution in [-0.2, 0) is 10.0 Å². The predicted molar refractivity (Wildman–Crippen MR) is 89.4 cm³/mol. The van der Waals surface area contributed by atoms with Crippen molar-refractivity contribution in [1.29, 1.82) is 0 Å². The Balaban J connectivity index is 2.40. The first-order valence-electron chi connectivity index (χ1n) is 7.78. The van der Waals surface area contributed by atoms with Crippen LogP contribution in [0.1, 0.15) is 18.9 Å². The standard InChI is InChI=1S/C16H26N2O4S/c1-11-5-6-18(10-13(11)9-17)23(19,20)16-8-15(22-4)14(21-3)7-12(16)2/h7-8,11,13H,5-6,9-10,17H2,1-4H3. The van der Waals surface area contributed by atoms with E-state index in [2.05, 4.69) is 6.92 Å². The molecule has 0 aliphatic carbocycles. The Morgan fingerprint density at radius 3 is 2.43 bits per heavy atom. The van der Waals surface area contributed by atoms with Crippen molar-refractivity contribution in [1.82, 2.24) is 4.31 Å². The number of nitrogens with zero attached hydrogens (tertiary/aromatic N) is 1. The predicted octanol–water partition coefficient (Wildman–Crippen LogP) is 1.62. The van der Waals surface area contributed by atoms with Gasteiger partial charge in [-0.1, -0.05) is 6.92 Å². The van der Waals surface area contributed by atoms with E-state index in [1.54, 1.807) is 23.4 Å². The van der Waals surface area contributed by atoms with Gasteiger partial charge in [0.05, 0.1) is 19.1 Å². The molecule has 1 fully saturated rings. The van der Waals surface area contributed by atoms with Crippen LogP contribution in [0.4, 0.5) is 0 Å². The van der Waals surface area contributed by atoms with Crippen molar-refractivity contribution < 1.29 is 17.9 Å². The van der Waals surface area contributed by atoms with E-state index in [-0.39, 0.29) is 10.8 Å². The molecule has 130 valence electrons. The van der Waals surface area contributed by atoms with Crippen LogP contribution < -0.4 is 15.2 Å². The maximum Gasteiger partial charge on any atom is 0.243 e. The normalized spacial score (nSPS) is 22.8. The van der Waals surface area contributed by atoms with Crippen molar-refractivity contribution in [2.75, 3.05) is 33.9 Å². The molecule has 1 aliphatic rings. The van der Waals surface area contributed by atoms with Crippen molar-refractivity contribution in [3.8, 4) is 11.5 Å². The molecule has 2 N–H and O–H groups in total. The van der Waals surface area contributed by atoms with Crippen LogP contribution in [0.15, 0.2) is 17.0 Å². The Hall–Kier alpha value is -1.31. The molecule has 0 spiro atoms. The summed E-state index contributed by atoms with van der Waals surface area (Å²) >= 11 is 0. The molecule has 2 rings (SSSR count). The van der Waals surface area contributed by atoms with Crippen molar-refractivity contribution in [2.24, 2.45) is 17.6 Å². The van der Waals surface area contributed by atoms with Gasteiger partial charge >= 0.3 is 0 Å². The Morgan fingerprint density at radius 1 is 1.26 bits per heavy atom. The quantitative estimate of drug-likeness (QED) is 0.879. The third kappa shape index (κ3) is 3.46. The summed E-state index contributed by atoms with van der Waals surface area (Å²) in [7, 11) is -0.547. The number of piperidine rings is 1. The zero-order chi connectivity index (χ0) is 17.2. The fraction of sp³-hybridized carbons (Fsp3) is 0.625. The summed E-state index contributed by atoms with van der Waals surface area (Å²) in [5.74, 6) is 1.57. The summed E-state index contributed by atoms with van der Waals surface area (Å²) in [4.78, 5) is 0.264. The lowest BCUT2D eigenvalue weighted by molar-refractivity contribution is 0.203. The lowest BCUT2D eigenvalue weighted by atomic mass is 9.88. The van der Waals surface area contributed by atoms with Gasteiger partial charge in [-0.3, -0.25) is 0 Å². The van der Waals surface area contributed by atoms with E-state index in [4.69, 9.17) is 15.2 Å². The Kier molecular flexibility index (Phi) is 5.54. The summed E-state index contributed by atoms with van der Waals surface area (Å²) in [5, 5.41) is 0. The Bertz CT molecular complexity index is 660. The zero-order valence-corrected chi connectivity index (χ0v) is 15.0. The summed E-state index contributed by atoms with van der Waals surface area (Å²) in [5.41, 5.74) is 6.44. The van der Waals surface area contributed by atoms with E-state index in [0.717, 1.165) is 6.42 Å². The van der Waals surface area contributed by atoms with Gasteiger partial charge in [0.2, 0.25) is 10.0 Å². The highest BCUT2D eigenvalue weighted by molar-refractivity contribution is 7.89. The number of nitrogens with two attached hydrogens (primary N) is 1. The van der Waals surface area contributed by atoms with Crippen LogP contribution in [-0.4, -0.2) is 46.6 Å². The van der Waals surface area contributed by atoms with Gasteiger partial charge in [0.15, 0.2) is 11.5 Å². The largest absolute Gasteiger partial charge is 0.493 e. The highest BCUT2D eigenvalue weighted by Crippen LogP contribution is 2.35. The van der Waals surface area contributed by atoms with Gasteiger partial charge in [-0.05, 0) is 43.4 Å². The molecule has 0 aromatic heterocycles. The van der Waals surface area contributed by atoms with Gasteiger partial charge in [0, 0.05) is 19.2 Å². The molecule has 2 atom stereocenters. The topological polar surface area (TPSA) is 81.9 Å². The van der Waals surface area contributed by atoms with Crippen molar-refractivity contribution in [3.63, 3.8) is 0 Å². The van der Waals surface area contributed by atoms with Gasteiger partial charge in [0.1, 0.15) is 0 Å². The number of rotatable bonds is 5. The second kappa shape index (κ2) is 7.07. The highest BCUT2D eigenvalue weighted by atomic mass is 32.2. The number of aryl methyl sites for hydroxylation is 1. The van der Waals surface area contributed by atoms with Crippen LogP contribution in [0.3, 0.4) is 0 Å². The molecule has 2 unspecified atom stereocenters. The maximum atomic E-state index is 13.0. The second-order valence-electron chi connectivity index (χ2n) is 6.10. The maximum absolute atomic E-state index is 13.0. The molecule has 0 saturated carbocycles. The minimum absolute atomic E-state index is 0.193. The number of methoxy groups -OCH3 is 2. The summed E-state index contributed by atoms with van der Waals surface area (Å²) < 4.78 is 38.1. The van der Waals surface area contributed by atoms with Crippen molar-refractivity contribution in [2.45, 2.75) is 25.2 Å². The lowest BCUT2D eigenvalue weighted by Crippen LogP contribution is -2.45. The van der Waals surface area contributed by atoms with Crippen LogP contribution in [0.5, 0.6) is 11.5 Å². The minimum Gasteiger partial charge on any atom is -0.493 e. The molecule has 0 amide bonds. The first-order chi connectivity index (χ1) is 10.8. The molecular weight excluding hydrogens is 316 g/mol. The molecule has 1 saturated heterocycles. The second-order valence-corrected chi connectivity index (χ2v) is 8.00. The van der Waals surface area contributed by atoms with Crippen LogP contribution >= 0.6 is 0 Å². The summed E-state index contributed by atoms with van der Waals surface area (Å²) in [6.07, 6.45) is 0.827. The van der Waals surface area contributed by atoms with E-state index >= 15 is 0 Å². The smallest absolute Gasteiger partial charge is 0.243 e. The number of hydrogen-bond donors (Lipinski definition) is 1. The minimum atomic E-state index is -3.57. The number of hydrogen-bond acceptors (Lipinski definition) is 5. The van der Waals surface area contributed by atoms with Gasteiger partial charge in [0.25, 0.3) is 0 Å². The lowest BCUT2D eigenvalue weighted by Gasteiger charge is -2.36. The first-order valence-corrected chi connectivity index (χ1v) is 9.22. The van der Waals surface area contributed by atoms with Gasteiger partial charge in [-0.2, -0.15) is 4.31 Å². The van der Waals surface area contributed by atoms with Crippen molar-refractivity contribution in [3.05, 3.63) is 17.7 Å². The van der Waals surface area contributed by atoms with Crippen LogP contribution in [0, 0.1) is 18.8 Å². The molecule has 1 aromatic carbocycles. The zero-order valence-electron chi connectivity index (χ0n) is 14.2. The van der Waals surface area contributed by atoms with E-state index in [0.29, 0.717) is 42.6 Å². The van der Waals surface area contributed by atoms with Crippen LogP contribution in [0.2, 0.25) is 0 Å². The number of ether oxygens (including phenoxy) is 2. The van der Waals surface area contributed by atoms with Crippen LogP contribution in [0.25, 0.3) is 0 Å². The molecule has 1 heterocycles. The SMILES string of the molecule is COc1cc(C)c(S(=O)(=O)N2CCC(C)C(CN)C2)cc1OC. The Morgan fingerprint density at radius 2 is 1.87 bits per heavy atom. The van der Waals surface area contributed by atoms with Crippen molar-refractivity contribution >= 4 is 10.0 Å². The molecular formula is C16H26N2O4S. The monoisotopic (exact) mass is 342 g/mol. The molecule has 6 nitrogen and oxygen atoms in total. The Labute approximate surface area is 138 Å². The number of sulfonamides is 1. The average Bonchev–Trinajstić information content (AvgIpc) is 2.54. The number of benzene rings is 1. The molecule has 23 heavy (non-hydrogen) atoms. The first kappa shape index (κ1) is 18.0. The molecule has 1 aliphatic heterocycles. The molecule has 7 heteroatoms. The average molecular weight is 342 g/mol. The van der Waals surface area contributed by atoms with Gasteiger partial charge in [-0.25, -0.2) is 8.42 Å². The molecule has 0 bridgehead atoms. The van der Waals surface area contributed by atoms with Gasteiger partial charge < -0.3 is 15.2 Å². The summed E-state index contributed by atoms with van der Waals surface area (Å²) in [6.45, 7) is 5.38. The third-order valence-electron chi connectivity index (χ3n) is 4.68. The fourth-order valence-electron chi connectivity index (χ4n) is 3.02. The summed E-state index contributed by atoms with van der Waals surface area (Å²) in [6, 6.07) is 3.23. The fourth-order valence-corrected chi connectivity index (χ4v) is 4.75.